The van der Waals surface area contributed by atoms with Crippen LogP contribution in [0.25, 0.3) is 11.3 Å². The van der Waals surface area contributed by atoms with Gasteiger partial charge < -0.3 is 5.32 Å². The molecule has 1 heterocycles. The lowest BCUT2D eigenvalue weighted by molar-refractivity contribution is 1.19. The van der Waals surface area contributed by atoms with Crippen LogP contribution in [0.15, 0.2) is 42.6 Å². The Hall–Kier alpha value is -2.34. The summed E-state index contributed by atoms with van der Waals surface area (Å²) in [5, 5.41) is 12.4. The second kappa shape index (κ2) is 5.13. The van der Waals surface area contributed by atoms with Crippen LogP contribution >= 0.6 is 0 Å². The Kier molecular flexibility index (Phi) is 3.37. The van der Waals surface area contributed by atoms with E-state index in [1.54, 1.807) is 6.20 Å². The van der Waals surface area contributed by atoms with Crippen molar-refractivity contribution in [3.8, 4) is 17.3 Å². The fraction of sp³-hybridized carbons (Fsp3) is 0.143. The summed E-state index contributed by atoms with van der Waals surface area (Å²) in [7, 11) is 0. The lowest BCUT2D eigenvalue weighted by Gasteiger charge is -2.09. The van der Waals surface area contributed by atoms with Crippen molar-refractivity contribution < 1.29 is 0 Å². The van der Waals surface area contributed by atoms with Gasteiger partial charge in [-0.3, -0.25) is 4.98 Å². The summed E-state index contributed by atoms with van der Waals surface area (Å²) in [5.41, 5.74) is 3.12. The Morgan fingerprint density at radius 1 is 1.24 bits per heavy atom. The maximum absolute atomic E-state index is 9.26. The second-order valence-electron chi connectivity index (χ2n) is 3.59. The molecule has 17 heavy (non-hydrogen) atoms. The molecule has 0 aliphatic rings. The largest absolute Gasteiger partial charge is 0.384 e. The molecule has 84 valence electrons. The van der Waals surface area contributed by atoms with Gasteiger partial charge in [-0.2, -0.15) is 5.26 Å². The molecular weight excluding hydrogens is 210 g/mol. The first-order chi connectivity index (χ1) is 8.36. The van der Waals surface area contributed by atoms with Crippen molar-refractivity contribution >= 4 is 5.69 Å². The van der Waals surface area contributed by atoms with Crippen molar-refractivity contribution in [3.63, 3.8) is 0 Å². The SMILES string of the molecule is CCNc1ccnc(-c2ccccc2)c1C#N. The van der Waals surface area contributed by atoms with Gasteiger partial charge in [0.05, 0.1) is 11.4 Å². The number of anilines is 1. The zero-order chi connectivity index (χ0) is 12.1. The van der Waals surface area contributed by atoms with E-state index in [9.17, 15) is 5.26 Å². The fourth-order valence-electron chi connectivity index (χ4n) is 1.73. The molecule has 0 bridgehead atoms. The molecule has 2 rings (SSSR count). The summed E-state index contributed by atoms with van der Waals surface area (Å²) in [6.07, 6.45) is 1.72. The number of hydrogen-bond acceptors (Lipinski definition) is 3. The van der Waals surface area contributed by atoms with Crippen LogP contribution in [0.2, 0.25) is 0 Å². The molecule has 0 amide bonds. The Morgan fingerprint density at radius 3 is 2.65 bits per heavy atom. The van der Waals surface area contributed by atoms with Crippen LogP contribution < -0.4 is 5.32 Å². The summed E-state index contributed by atoms with van der Waals surface area (Å²) in [6, 6.07) is 13.8. The van der Waals surface area contributed by atoms with E-state index < -0.39 is 0 Å². The minimum Gasteiger partial charge on any atom is -0.384 e. The van der Waals surface area contributed by atoms with Crippen LogP contribution in [-0.2, 0) is 0 Å². The van der Waals surface area contributed by atoms with Crippen molar-refractivity contribution in [3.05, 3.63) is 48.2 Å². The van der Waals surface area contributed by atoms with Crippen LogP contribution in [0, 0.1) is 11.3 Å². The van der Waals surface area contributed by atoms with Gasteiger partial charge in [0, 0.05) is 18.3 Å². The van der Waals surface area contributed by atoms with Crippen LogP contribution in [-0.4, -0.2) is 11.5 Å². The molecule has 0 saturated heterocycles. The number of nitrogens with zero attached hydrogens (tertiary/aromatic N) is 2. The molecule has 0 spiro atoms. The highest BCUT2D eigenvalue weighted by Gasteiger charge is 2.10. The van der Waals surface area contributed by atoms with Crippen molar-refractivity contribution in [2.45, 2.75) is 6.92 Å². The van der Waals surface area contributed by atoms with Crippen molar-refractivity contribution in [1.29, 1.82) is 5.26 Å². The summed E-state index contributed by atoms with van der Waals surface area (Å²) >= 11 is 0. The maximum Gasteiger partial charge on any atom is 0.104 e. The van der Waals surface area contributed by atoms with Crippen LogP contribution in [0.1, 0.15) is 12.5 Å². The lowest BCUT2D eigenvalue weighted by Crippen LogP contribution is -2.01. The van der Waals surface area contributed by atoms with Gasteiger partial charge in [-0.1, -0.05) is 30.3 Å². The van der Waals surface area contributed by atoms with Gasteiger partial charge in [0.15, 0.2) is 0 Å². The molecule has 1 aromatic carbocycles. The molecule has 0 unspecified atom stereocenters. The number of benzene rings is 1. The average Bonchev–Trinajstić information content (AvgIpc) is 2.40. The first kappa shape index (κ1) is 11.2. The monoisotopic (exact) mass is 223 g/mol. The second-order valence-corrected chi connectivity index (χ2v) is 3.59. The van der Waals surface area contributed by atoms with E-state index in [4.69, 9.17) is 0 Å². The molecule has 0 fully saturated rings. The van der Waals surface area contributed by atoms with Crippen molar-refractivity contribution in [2.24, 2.45) is 0 Å². The van der Waals surface area contributed by atoms with E-state index in [0.29, 0.717) is 5.56 Å². The smallest absolute Gasteiger partial charge is 0.104 e. The minimum absolute atomic E-state index is 0.598. The fourth-order valence-corrected chi connectivity index (χ4v) is 1.73. The van der Waals surface area contributed by atoms with Crippen LogP contribution in [0.5, 0.6) is 0 Å². The van der Waals surface area contributed by atoms with Gasteiger partial charge in [-0.15, -0.1) is 0 Å². The van der Waals surface area contributed by atoms with Gasteiger partial charge in [-0.05, 0) is 13.0 Å². The Balaban J connectivity index is 2.56. The van der Waals surface area contributed by atoms with E-state index in [1.807, 2.05) is 43.3 Å². The number of hydrogen-bond donors (Lipinski definition) is 1. The molecule has 0 saturated carbocycles. The van der Waals surface area contributed by atoms with E-state index in [-0.39, 0.29) is 0 Å². The molecule has 0 radical (unpaired) electrons. The highest BCUT2D eigenvalue weighted by Crippen LogP contribution is 2.25. The molecule has 0 aliphatic heterocycles. The van der Waals surface area contributed by atoms with E-state index in [1.165, 1.54) is 0 Å². The Labute approximate surface area is 101 Å². The number of nitriles is 1. The maximum atomic E-state index is 9.26. The topological polar surface area (TPSA) is 48.7 Å². The highest BCUT2D eigenvalue weighted by atomic mass is 14.9. The lowest BCUT2D eigenvalue weighted by atomic mass is 10.1. The summed E-state index contributed by atoms with van der Waals surface area (Å²) in [6.45, 7) is 2.79. The number of aromatic nitrogens is 1. The van der Waals surface area contributed by atoms with E-state index in [2.05, 4.69) is 16.4 Å². The third-order valence-electron chi connectivity index (χ3n) is 2.48. The zero-order valence-electron chi connectivity index (χ0n) is 9.64. The van der Waals surface area contributed by atoms with E-state index >= 15 is 0 Å². The van der Waals surface area contributed by atoms with Crippen molar-refractivity contribution in [1.82, 2.24) is 4.98 Å². The summed E-state index contributed by atoms with van der Waals surface area (Å²) in [5.74, 6) is 0. The standard InChI is InChI=1S/C14H13N3/c1-2-16-13-8-9-17-14(12(13)10-15)11-6-4-3-5-7-11/h3-9H,2H2,1H3,(H,16,17). The minimum atomic E-state index is 0.598. The molecule has 2 aromatic rings. The molecule has 3 heteroatoms. The predicted molar refractivity (Wildman–Crippen MR) is 68.6 cm³/mol. The number of nitrogens with one attached hydrogen (secondary N) is 1. The van der Waals surface area contributed by atoms with E-state index in [0.717, 1.165) is 23.5 Å². The van der Waals surface area contributed by atoms with Gasteiger partial charge in [0.1, 0.15) is 11.6 Å². The normalized spacial score (nSPS) is 9.65. The van der Waals surface area contributed by atoms with Crippen molar-refractivity contribution in [2.75, 3.05) is 11.9 Å². The first-order valence-corrected chi connectivity index (χ1v) is 5.55. The molecule has 1 N–H and O–H groups in total. The van der Waals surface area contributed by atoms with Gasteiger partial charge >= 0.3 is 0 Å². The summed E-state index contributed by atoms with van der Waals surface area (Å²) in [4.78, 5) is 4.30. The van der Waals surface area contributed by atoms with Gasteiger partial charge in [-0.25, -0.2) is 0 Å². The molecule has 0 aliphatic carbocycles. The quantitative estimate of drug-likeness (QED) is 0.870. The van der Waals surface area contributed by atoms with Gasteiger partial charge in [0.25, 0.3) is 0 Å². The zero-order valence-corrected chi connectivity index (χ0v) is 9.64. The molecule has 3 nitrogen and oxygen atoms in total. The predicted octanol–water partition coefficient (Wildman–Crippen LogP) is 3.05. The third kappa shape index (κ3) is 2.26. The Bertz CT molecular complexity index is 541. The summed E-state index contributed by atoms with van der Waals surface area (Å²) < 4.78 is 0. The third-order valence-corrected chi connectivity index (χ3v) is 2.48. The van der Waals surface area contributed by atoms with Crippen LogP contribution in [0.3, 0.4) is 0 Å². The first-order valence-electron chi connectivity index (χ1n) is 5.55. The van der Waals surface area contributed by atoms with Gasteiger partial charge in [0.2, 0.25) is 0 Å². The van der Waals surface area contributed by atoms with Crippen LogP contribution in [0.4, 0.5) is 5.69 Å². The average molecular weight is 223 g/mol. The molecule has 0 atom stereocenters. The Morgan fingerprint density at radius 2 is 2.00 bits per heavy atom. The molecular formula is C14H13N3. The number of pyridine rings is 1. The number of rotatable bonds is 3. The molecule has 1 aromatic heterocycles. The highest BCUT2D eigenvalue weighted by molar-refractivity contribution is 5.74.